The van der Waals surface area contributed by atoms with Crippen LogP contribution in [0.4, 0.5) is 11.4 Å². The zero-order valence-corrected chi connectivity index (χ0v) is 14.0. The van der Waals surface area contributed by atoms with Gasteiger partial charge in [-0.2, -0.15) is 0 Å². The van der Waals surface area contributed by atoms with Gasteiger partial charge in [-0.3, -0.25) is 14.9 Å². The van der Waals surface area contributed by atoms with Crippen LogP contribution in [0.25, 0.3) is 0 Å². The molecule has 0 atom stereocenters. The Labute approximate surface area is 135 Å². The Balaban J connectivity index is 2.19. The van der Waals surface area contributed by atoms with Crippen LogP contribution in [0, 0.1) is 10.1 Å². The molecule has 1 saturated heterocycles. The van der Waals surface area contributed by atoms with Gasteiger partial charge in [0.15, 0.2) is 0 Å². The summed E-state index contributed by atoms with van der Waals surface area (Å²) in [4.78, 5) is 22.8. The normalized spacial score (nSPS) is 20.0. The highest BCUT2D eigenvalue weighted by Crippen LogP contribution is 2.29. The second-order valence-corrected chi connectivity index (χ2v) is 7.50. The highest BCUT2D eigenvalue weighted by atomic mass is 16.6. The molecule has 2 rings (SSSR count). The Hall–Kier alpha value is -2.15. The molecule has 7 nitrogen and oxygen atoms in total. The SMILES string of the molecule is CC1(C)CC(NC(=O)c2cc([N+](=O)[O-])ccc2N)CC(C)(C)N1. The largest absolute Gasteiger partial charge is 0.398 e. The summed E-state index contributed by atoms with van der Waals surface area (Å²) in [5.41, 5.74) is 5.84. The maximum absolute atomic E-state index is 12.5. The lowest BCUT2D eigenvalue weighted by molar-refractivity contribution is -0.384. The van der Waals surface area contributed by atoms with Gasteiger partial charge in [0.05, 0.1) is 10.5 Å². The van der Waals surface area contributed by atoms with Crippen molar-refractivity contribution in [3.8, 4) is 0 Å². The molecule has 1 heterocycles. The molecular formula is C16H24N4O3. The third kappa shape index (κ3) is 4.19. The molecule has 1 aromatic carbocycles. The van der Waals surface area contributed by atoms with E-state index < -0.39 is 4.92 Å². The fraction of sp³-hybridized carbons (Fsp3) is 0.562. The first kappa shape index (κ1) is 17.2. The second-order valence-electron chi connectivity index (χ2n) is 7.50. The van der Waals surface area contributed by atoms with Gasteiger partial charge in [-0.15, -0.1) is 0 Å². The molecule has 23 heavy (non-hydrogen) atoms. The Kier molecular flexibility index (Phi) is 4.34. The van der Waals surface area contributed by atoms with E-state index in [1.165, 1.54) is 18.2 Å². The van der Waals surface area contributed by atoms with E-state index in [-0.39, 0.29) is 40.0 Å². The molecule has 0 spiro atoms. The topological polar surface area (TPSA) is 110 Å². The van der Waals surface area contributed by atoms with E-state index in [2.05, 4.69) is 38.3 Å². The van der Waals surface area contributed by atoms with E-state index >= 15 is 0 Å². The number of carbonyl (C=O) groups is 1. The summed E-state index contributed by atoms with van der Waals surface area (Å²) in [5.74, 6) is -0.371. The van der Waals surface area contributed by atoms with Crippen molar-refractivity contribution in [1.29, 1.82) is 0 Å². The van der Waals surface area contributed by atoms with Crippen LogP contribution in [0.5, 0.6) is 0 Å². The average molecular weight is 320 g/mol. The summed E-state index contributed by atoms with van der Waals surface area (Å²) >= 11 is 0. The van der Waals surface area contributed by atoms with Crippen molar-refractivity contribution in [1.82, 2.24) is 10.6 Å². The van der Waals surface area contributed by atoms with Crippen molar-refractivity contribution in [2.24, 2.45) is 0 Å². The molecule has 0 saturated carbocycles. The van der Waals surface area contributed by atoms with Gasteiger partial charge >= 0.3 is 0 Å². The number of hydrogen-bond acceptors (Lipinski definition) is 5. The molecule has 7 heteroatoms. The van der Waals surface area contributed by atoms with Crippen LogP contribution in [0.1, 0.15) is 50.9 Å². The van der Waals surface area contributed by atoms with E-state index in [0.717, 1.165) is 12.8 Å². The summed E-state index contributed by atoms with van der Waals surface area (Å²) in [6.07, 6.45) is 1.55. The van der Waals surface area contributed by atoms with Crippen molar-refractivity contribution < 1.29 is 9.72 Å². The summed E-state index contributed by atoms with van der Waals surface area (Å²) in [5, 5.41) is 17.4. The first-order valence-electron chi connectivity index (χ1n) is 7.63. The number of piperidine rings is 1. The van der Waals surface area contributed by atoms with Gasteiger partial charge in [-0.05, 0) is 46.6 Å². The zero-order chi connectivity index (χ0) is 17.4. The lowest BCUT2D eigenvalue weighted by Crippen LogP contribution is -2.62. The molecule has 0 aliphatic carbocycles. The fourth-order valence-electron chi connectivity index (χ4n) is 3.54. The van der Waals surface area contributed by atoms with E-state index in [0.29, 0.717) is 0 Å². The minimum atomic E-state index is -0.535. The molecule has 0 bridgehead atoms. The molecule has 1 fully saturated rings. The van der Waals surface area contributed by atoms with Crippen molar-refractivity contribution in [3.05, 3.63) is 33.9 Å². The van der Waals surface area contributed by atoms with Crippen molar-refractivity contribution in [3.63, 3.8) is 0 Å². The van der Waals surface area contributed by atoms with Gasteiger partial charge in [0.1, 0.15) is 0 Å². The predicted octanol–water partition coefficient (Wildman–Crippen LogP) is 2.22. The zero-order valence-electron chi connectivity index (χ0n) is 14.0. The van der Waals surface area contributed by atoms with Crippen LogP contribution < -0.4 is 16.4 Å². The summed E-state index contributed by atoms with van der Waals surface area (Å²) in [6, 6.07) is 3.89. The molecule has 1 amide bonds. The van der Waals surface area contributed by atoms with E-state index in [1.807, 2.05) is 0 Å². The number of hydrogen-bond donors (Lipinski definition) is 3. The van der Waals surface area contributed by atoms with Crippen LogP contribution >= 0.6 is 0 Å². The van der Waals surface area contributed by atoms with Gasteiger partial charge in [0, 0.05) is 34.9 Å². The van der Waals surface area contributed by atoms with Crippen LogP contribution in [0.2, 0.25) is 0 Å². The number of anilines is 1. The van der Waals surface area contributed by atoms with Crippen LogP contribution in [0.3, 0.4) is 0 Å². The molecule has 0 aromatic heterocycles. The second kappa shape index (κ2) is 5.81. The number of nitro groups is 1. The number of carbonyl (C=O) groups excluding carboxylic acids is 1. The number of nitrogen functional groups attached to an aromatic ring is 1. The number of non-ortho nitro benzene ring substituents is 1. The molecule has 1 aliphatic rings. The number of nitrogens with two attached hydrogens (primary N) is 1. The Morgan fingerprint density at radius 1 is 1.30 bits per heavy atom. The molecule has 1 aliphatic heterocycles. The number of nitrogens with zero attached hydrogens (tertiary/aromatic N) is 1. The third-order valence-electron chi connectivity index (χ3n) is 4.02. The highest BCUT2D eigenvalue weighted by molar-refractivity contribution is 6.00. The minimum absolute atomic E-state index is 0.0209. The van der Waals surface area contributed by atoms with E-state index in [9.17, 15) is 14.9 Å². The lowest BCUT2D eigenvalue weighted by Gasteiger charge is -2.46. The maximum Gasteiger partial charge on any atom is 0.270 e. The quantitative estimate of drug-likeness (QED) is 0.449. The summed E-state index contributed by atoms with van der Waals surface area (Å²) in [6.45, 7) is 8.37. The van der Waals surface area contributed by atoms with Crippen LogP contribution in [-0.4, -0.2) is 28.0 Å². The van der Waals surface area contributed by atoms with Gasteiger partial charge in [-0.25, -0.2) is 0 Å². The fourth-order valence-corrected chi connectivity index (χ4v) is 3.54. The number of nitrogens with one attached hydrogen (secondary N) is 2. The van der Waals surface area contributed by atoms with E-state index in [4.69, 9.17) is 5.73 Å². The third-order valence-corrected chi connectivity index (χ3v) is 4.02. The Morgan fingerprint density at radius 2 is 1.87 bits per heavy atom. The highest BCUT2D eigenvalue weighted by Gasteiger charge is 2.38. The number of nitro benzene ring substituents is 1. The van der Waals surface area contributed by atoms with Gasteiger partial charge in [0.25, 0.3) is 11.6 Å². The molecule has 126 valence electrons. The first-order chi connectivity index (χ1) is 10.5. The molecule has 4 N–H and O–H groups in total. The standard InChI is InChI=1S/C16H24N4O3/c1-15(2)8-10(9-16(3,4)19-15)18-14(21)12-7-11(20(22)23)5-6-13(12)17/h5-7,10,19H,8-9,17H2,1-4H3,(H,18,21). The van der Waals surface area contributed by atoms with E-state index in [1.54, 1.807) is 0 Å². The molecular weight excluding hydrogens is 296 g/mol. The van der Waals surface area contributed by atoms with Crippen molar-refractivity contribution in [2.45, 2.75) is 57.7 Å². The van der Waals surface area contributed by atoms with Crippen LogP contribution in [0.15, 0.2) is 18.2 Å². The smallest absolute Gasteiger partial charge is 0.270 e. The molecule has 1 aromatic rings. The lowest BCUT2D eigenvalue weighted by atomic mass is 9.79. The first-order valence-corrected chi connectivity index (χ1v) is 7.63. The summed E-state index contributed by atoms with van der Waals surface area (Å²) < 4.78 is 0. The van der Waals surface area contributed by atoms with Gasteiger partial charge < -0.3 is 16.4 Å². The van der Waals surface area contributed by atoms with Crippen LogP contribution in [-0.2, 0) is 0 Å². The number of rotatable bonds is 3. The predicted molar refractivity (Wildman–Crippen MR) is 89.3 cm³/mol. The Morgan fingerprint density at radius 3 is 2.39 bits per heavy atom. The van der Waals surface area contributed by atoms with Crippen molar-refractivity contribution >= 4 is 17.3 Å². The van der Waals surface area contributed by atoms with Crippen molar-refractivity contribution in [2.75, 3.05) is 5.73 Å². The molecule has 0 radical (unpaired) electrons. The molecule has 0 unspecified atom stereocenters. The number of amides is 1. The summed E-state index contributed by atoms with van der Waals surface area (Å²) in [7, 11) is 0. The monoisotopic (exact) mass is 320 g/mol. The number of benzene rings is 1. The van der Waals surface area contributed by atoms with Gasteiger partial charge in [-0.1, -0.05) is 0 Å². The minimum Gasteiger partial charge on any atom is -0.398 e. The van der Waals surface area contributed by atoms with Gasteiger partial charge in [0.2, 0.25) is 0 Å². The average Bonchev–Trinajstić information content (AvgIpc) is 2.34. The maximum atomic E-state index is 12.5. The Bertz CT molecular complexity index is 624.